The van der Waals surface area contributed by atoms with Crippen molar-refractivity contribution in [3.05, 3.63) is 77.6 Å². The maximum absolute atomic E-state index is 13.0. The minimum absolute atomic E-state index is 0.185. The first-order chi connectivity index (χ1) is 11.0. The Morgan fingerprint density at radius 2 is 2.00 bits per heavy atom. The van der Waals surface area contributed by atoms with Gasteiger partial charge >= 0.3 is 0 Å². The number of carbonyl (C=O) groups excluding carboxylic acids is 1. The second kappa shape index (κ2) is 7.58. The molecule has 0 heterocycles. The van der Waals surface area contributed by atoms with Crippen LogP contribution in [-0.2, 0) is 6.42 Å². The van der Waals surface area contributed by atoms with Gasteiger partial charge in [0.2, 0.25) is 0 Å². The molecule has 120 valence electrons. The number of benzene rings is 2. The number of rotatable bonds is 6. The summed E-state index contributed by atoms with van der Waals surface area (Å²) in [6.45, 7) is 5.57. The largest absolute Gasteiger partial charge is 0.496 e. The van der Waals surface area contributed by atoms with E-state index in [0.717, 1.165) is 16.9 Å². The molecule has 0 spiro atoms. The van der Waals surface area contributed by atoms with Crippen LogP contribution in [0.5, 0.6) is 5.75 Å². The van der Waals surface area contributed by atoms with E-state index in [9.17, 15) is 9.18 Å². The number of nitrogens with one attached hydrogen (secondary N) is 1. The van der Waals surface area contributed by atoms with Gasteiger partial charge in [0.05, 0.1) is 13.2 Å². The summed E-state index contributed by atoms with van der Waals surface area (Å²) < 4.78 is 18.2. The molecule has 0 aliphatic heterocycles. The van der Waals surface area contributed by atoms with Crippen molar-refractivity contribution in [2.24, 2.45) is 0 Å². The Balaban J connectivity index is 2.15. The normalized spacial score (nSPS) is 11.6. The molecular weight excluding hydrogens is 293 g/mol. The minimum atomic E-state index is -0.295. The zero-order valence-electron chi connectivity index (χ0n) is 13.3. The van der Waals surface area contributed by atoms with Crippen LogP contribution in [0, 0.1) is 5.82 Å². The van der Waals surface area contributed by atoms with Gasteiger partial charge in [0, 0.05) is 5.56 Å². The summed E-state index contributed by atoms with van der Waals surface area (Å²) in [6, 6.07) is 11.2. The monoisotopic (exact) mass is 313 g/mol. The number of allylic oxidation sites excluding steroid dienone is 1. The lowest BCUT2D eigenvalue weighted by Crippen LogP contribution is -2.26. The SMILES string of the molecule is C=CCc1cc(C(=O)N[C@@H](C)c2ccc(F)cc2)ccc1OC. The highest BCUT2D eigenvalue weighted by atomic mass is 19.1. The molecule has 0 unspecified atom stereocenters. The number of methoxy groups -OCH3 is 1. The molecule has 23 heavy (non-hydrogen) atoms. The van der Waals surface area contributed by atoms with Crippen LogP contribution in [0.3, 0.4) is 0 Å². The van der Waals surface area contributed by atoms with Gasteiger partial charge in [-0.2, -0.15) is 0 Å². The van der Waals surface area contributed by atoms with Gasteiger partial charge in [0.15, 0.2) is 0 Å². The average Bonchev–Trinajstić information content (AvgIpc) is 2.55. The fourth-order valence-corrected chi connectivity index (χ4v) is 2.35. The molecule has 0 saturated heterocycles. The summed E-state index contributed by atoms with van der Waals surface area (Å²) in [6.07, 6.45) is 2.39. The van der Waals surface area contributed by atoms with Crippen molar-refractivity contribution in [1.29, 1.82) is 0 Å². The van der Waals surface area contributed by atoms with E-state index in [1.54, 1.807) is 43.5 Å². The van der Waals surface area contributed by atoms with E-state index >= 15 is 0 Å². The van der Waals surface area contributed by atoms with E-state index < -0.39 is 0 Å². The molecule has 4 heteroatoms. The number of carbonyl (C=O) groups is 1. The lowest BCUT2D eigenvalue weighted by atomic mass is 10.0. The Kier molecular flexibility index (Phi) is 5.52. The molecule has 2 rings (SSSR count). The zero-order valence-corrected chi connectivity index (χ0v) is 13.3. The molecule has 0 aliphatic rings. The van der Waals surface area contributed by atoms with Crippen LogP contribution in [0.1, 0.15) is 34.5 Å². The number of amides is 1. The second-order valence-electron chi connectivity index (χ2n) is 5.27. The van der Waals surface area contributed by atoms with Crippen molar-refractivity contribution in [3.63, 3.8) is 0 Å². The van der Waals surface area contributed by atoms with E-state index in [4.69, 9.17) is 4.74 Å². The summed E-state index contributed by atoms with van der Waals surface area (Å²) in [4.78, 5) is 12.4. The Bertz CT molecular complexity index is 695. The van der Waals surface area contributed by atoms with Crippen LogP contribution in [0.4, 0.5) is 4.39 Å². The zero-order chi connectivity index (χ0) is 16.8. The van der Waals surface area contributed by atoms with E-state index in [2.05, 4.69) is 11.9 Å². The highest BCUT2D eigenvalue weighted by molar-refractivity contribution is 5.94. The standard InChI is InChI=1S/C19H20FNO2/c1-4-5-15-12-16(8-11-18(15)23-3)19(22)21-13(2)14-6-9-17(20)10-7-14/h4,6-13H,1,5H2,2-3H3,(H,21,22)/t13-/m0/s1. The molecule has 2 aromatic carbocycles. The number of ether oxygens (including phenoxy) is 1. The van der Waals surface area contributed by atoms with Crippen LogP contribution in [-0.4, -0.2) is 13.0 Å². The first kappa shape index (κ1) is 16.7. The molecule has 0 bridgehead atoms. The van der Waals surface area contributed by atoms with Gasteiger partial charge in [-0.15, -0.1) is 6.58 Å². The Morgan fingerprint density at radius 3 is 2.61 bits per heavy atom. The molecule has 0 saturated carbocycles. The summed E-state index contributed by atoms with van der Waals surface area (Å²) in [5, 5.41) is 2.91. The van der Waals surface area contributed by atoms with Gasteiger partial charge < -0.3 is 10.1 Å². The number of hydrogen-bond donors (Lipinski definition) is 1. The molecular formula is C19H20FNO2. The fourth-order valence-electron chi connectivity index (χ4n) is 2.35. The van der Waals surface area contributed by atoms with E-state index in [-0.39, 0.29) is 17.8 Å². The number of halogens is 1. The van der Waals surface area contributed by atoms with E-state index in [1.165, 1.54) is 12.1 Å². The molecule has 3 nitrogen and oxygen atoms in total. The summed E-state index contributed by atoms with van der Waals surface area (Å²) in [5.74, 6) is 0.249. The molecule has 2 aromatic rings. The quantitative estimate of drug-likeness (QED) is 0.817. The lowest BCUT2D eigenvalue weighted by molar-refractivity contribution is 0.0939. The van der Waals surface area contributed by atoms with E-state index in [1.807, 2.05) is 6.92 Å². The first-order valence-corrected chi connectivity index (χ1v) is 7.39. The predicted molar refractivity (Wildman–Crippen MR) is 89.2 cm³/mol. The first-order valence-electron chi connectivity index (χ1n) is 7.39. The third-order valence-electron chi connectivity index (χ3n) is 3.62. The highest BCUT2D eigenvalue weighted by Crippen LogP contribution is 2.21. The third kappa shape index (κ3) is 4.19. The molecule has 0 radical (unpaired) electrons. The maximum atomic E-state index is 13.0. The summed E-state index contributed by atoms with van der Waals surface area (Å²) in [5.41, 5.74) is 2.31. The van der Waals surface area contributed by atoms with Gasteiger partial charge in [0.25, 0.3) is 5.91 Å². The average molecular weight is 313 g/mol. The van der Waals surface area contributed by atoms with Crippen molar-refractivity contribution < 1.29 is 13.9 Å². The molecule has 0 fully saturated rings. The maximum Gasteiger partial charge on any atom is 0.251 e. The smallest absolute Gasteiger partial charge is 0.251 e. The molecule has 0 aliphatic carbocycles. The van der Waals surface area contributed by atoms with Gasteiger partial charge in [-0.1, -0.05) is 18.2 Å². The van der Waals surface area contributed by atoms with Crippen LogP contribution in [0.15, 0.2) is 55.1 Å². The Labute approximate surface area is 135 Å². The van der Waals surface area contributed by atoms with Crippen LogP contribution in [0.25, 0.3) is 0 Å². The second-order valence-corrected chi connectivity index (χ2v) is 5.27. The minimum Gasteiger partial charge on any atom is -0.496 e. The topological polar surface area (TPSA) is 38.3 Å². The molecule has 1 N–H and O–H groups in total. The Morgan fingerprint density at radius 1 is 1.30 bits per heavy atom. The van der Waals surface area contributed by atoms with Gasteiger partial charge in [0.1, 0.15) is 11.6 Å². The van der Waals surface area contributed by atoms with E-state index in [0.29, 0.717) is 12.0 Å². The lowest BCUT2D eigenvalue weighted by Gasteiger charge is -2.15. The van der Waals surface area contributed by atoms with Crippen LogP contribution < -0.4 is 10.1 Å². The Hall–Kier alpha value is -2.62. The van der Waals surface area contributed by atoms with Gasteiger partial charge in [-0.3, -0.25) is 4.79 Å². The summed E-state index contributed by atoms with van der Waals surface area (Å²) in [7, 11) is 1.60. The predicted octanol–water partition coefficient (Wildman–Crippen LogP) is 4.05. The van der Waals surface area contributed by atoms with Gasteiger partial charge in [-0.05, 0) is 54.8 Å². The summed E-state index contributed by atoms with van der Waals surface area (Å²) >= 11 is 0. The van der Waals surface area contributed by atoms with Crippen molar-refractivity contribution >= 4 is 5.91 Å². The van der Waals surface area contributed by atoms with Crippen LogP contribution >= 0.6 is 0 Å². The molecule has 0 aromatic heterocycles. The van der Waals surface area contributed by atoms with Crippen molar-refractivity contribution in [2.75, 3.05) is 7.11 Å². The van der Waals surface area contributed by atoms with Crippen molar-refractivity contribution in [2.45, 2.75) is 19.4 Å². The van der Waals surface area contributed by atoms with Gasteiger partial charge in [-0.25, -0.2) is 4.39 Å². The van der Waals surface area contributed by atoms with Crippen molar-refractivity contribution in [1.82, 2.24) is 5.32 Å². The highest BCUT2D eigenvalue weighted by Gasteiger charge is 2.13. The number of hydrogen-bond acceptors (Lipinski definition) is 2. The van der Waals surface area contributed by atoms with Crippen LogP contribution in [0.2, 0.25) is 0 Å². The van der Waals surface area contributed by atoms with Crippen molar-refractivity contribution in [3.8, 4) is 5.75 Å². The third-order valence-corrected chi connectivity index (χ3v) is 3.62. The fraction of sp³-hybridized carbons (Fsp3) is 0.211. The molecule has 1 amide bonds. The molecule has 1 atom stereocenters.